The maximum absolute atomic E-state index is 12.8. The van der Waals surface area contributed by atoms with Crippen molar-refractivity contribution in [3.63, 3.8) is 0 Å². The third kappa shape index (κ3) is 30.1. The van der Waals surface area contributed by atoms with Crippen molar-refractivity contribution in [3.05, 3.63) is 72.8 Å². The predicted molar refractivity (Wildman–Crippen MR) is 361 cm³/mol. The van der Waals surface area contributed by atoms with Gasteiger partial charge < -0.3 is 68.6 Å². The van der Waals surface area contributed by atoms with Crippen LogP contribution in [-0.2, 0) is 28.4 Å². The van der Waals surface area contributed by atoms with Crippen LogP contribution in [0.25, 0.3) is 42.4 Å². The van der Waals surface area contributed by atoms with Gasteiger partial charge in [0.05, 0.1) is 26.4 Å². The molecule has 0 aliphatic heterocycles. The van der Waals surface area contributed by atoms with Crippen LogP contribution in [0.1, 0.15) is 150 Å². The topological polar surface area (TPSA) is 292 Å². The Morgan fingerprint density at radius 3 is 0.914 bits per heavy atom. The van der Waals surface area contributed by atoms with Gasteiger partial charge in [-0.15, -0.1) is 21.3 Å². The second kappa shape index (κ2) is 33.2. The molecule has 4 aromatic carbocycles. The van der Waals surface area contributed by atoms with Crippen molar-refractivity contribution >= 4 is 80.0 Å². The van der Waals surface area contributed by atoms with Crippen molar-refractivity contribution in [2.24, 2.45) is 9.98 Å². The third-order valence-electron chi connectivity index (χ3n) is 11.6. The van der Waals surface area contributed by atoms with Gasteiger partial charge in [-0.05, 0) is 221 Å². The van der Waals surface area contributed by atoms with E-state index in [1.165, 1.54) is 0 Å². The second-order valence-electron chi connectivity index (χ2n) is 27.6. The Labute approximate surface area is 550 Å². The number of nitrogens with one attached hydrogen (secondary N) is 6. The summed E-state index contributed by atoms with van der Waals surface area (Å²) in [6.07, 6.45) is -2.65. The highest BCUT2D eigenvalue weighted by molar-refractivity contribution is 7.25. The maximum atomic E-state index is 12.8. The first-order valence-electron chi connectivity index (χ1n) is 31.1. The molecule has 5 rings (SSSR count). The van der Waals surface area contributed by atoms with Crippen LogP contribution in [0.15, 0.2) is 82.8 Å². The van der Waals surface area contributed by atoms with E-state index in [0.717, 1.165) is 42.4 Å². The number of rotatable bonds is 22. The highest BCUT2D eigenvalue weighted by Gasteiger charge is 2.24. The van der Waals surface area contributed by atoms with E-state index in [-0.39, 0.29) is 38.2 Å². The van der Waals surface area contributed by atoms with Gasteiger partial charge in [-0.1, -0.05) is 12.1 Å². The lowest BCUT2D eigenvalue weighted by Gasteiger charge is -2.21. The standard InChI is InChI=1S/C68H96N8O16S/c1-63(2,3)87-57(77)71-29-21-33-85-49-37-46(38-50(42-49)86-34-22-30-72-58(78)88-64(4,5)6)44-24-26-54-52(40-44)51-39-43(23-25-53(51)93-54)45-35-47(83-31-19-27-69-55(73-59(79)89-65(7,8)9)74-60(80)90-66(10,11)12)41-48(36-45)84-32-20-28-70-56(75-61(81)91-67(13,14)15)76-62(82)92-68(16,17)18/h23-26,35-42H,19-22,27-34H2,1-18H3,(H,71,77)(H,72,78)(H2,69,73,74,79,80)(H2,70,75,76,81,82). The van der Waals surface area contributed by atoms with Crippen molar-refractivity contribution in [1.82, 2.24) is 31.9 Å². The molecule has 0 unspecified atom stereocenters. The quantitative estimate of drug-likeness (QED) is 0.0162. The van der Waals surface area contributed by atoms with Crippen LogP contribution in [0, 0.1) is 0 Å². The van der Waals surface area contributed by atoms with E-state index in [1.54, 1.807) is 142 Å². The highest BCUT2D eigenvalue weighted by Crippen LogP contribution is 2.41. The summed E-state index contributed by atoms with van der Waals surface area (Å²) in [7, 11) is 0. The number of fused-ring (bicyclic) bond motifs is 3. The molecule has 510 valence electrons. The Morgan fingerprint density at radius 1 is 0.344 bits per heavy atom. The molecule has 0 spiro atoms. The summed E-state index contributed by atoms with van der Waals surface area (Å²) in [6, 6.07) is 23.9. The van der Waals surface area contributed by atoms with E-state index in [4.69, 9.17) is 47.4 Å². The monoisotopic (exact) mass is 1310 g/mol. The number of hydrogen-bond acceptors (Lipinski definition) is 17. The molecule has 0 saturated heterocycles. The summed E-state index contributed by atoms with van der Waals surface area (Å²) in [6.45, 7) is 33.4. The Kier molecular flexibility index (Phi) is 26.8. The summed E-state index contributed by atoms with van der Waals surface area (Å²) in [5, 5.41) is 18.5. The molecule has 5 aromatic rings. The van der Waals surface area contributed by atoms with Crippen molar-refractivity contribution in [2.75, 3.05) is 52.6 Å². The van der Waals surface area contributed by atoms with Crippen LogP contribution < -0.4 is 50.8 Å². The first-order chi connectivity index (χ1) is 43.2. The van der Waals surface area contributed by atoms with E-state index >= 15 is 0 Å². The summed E-state index contributed by atoms with van der Waals surface area (Å²) in [4.78, 5) is 83.4. The molecule has 1 aromatic heterocycles. The molecule has 0 atom stereocenters. The number of thiophene rings is 1. The SMILES string of the molecule is CC(C)(C)OC(=O)/N=C(/NCCCOc1cc(OCCCN/C(=N/C(=O)OC(C)(C)C)NC(=O)OC(C)(C)C)cc(-c2ccc3sc4ccc(-c5cc(OCCCNC(=O)OC(C)(C)C)cc(OCCCNC(=O)OC(C)(C)C)c5)cc4c3c2)c1)NC(=O)OC(C)(C)C. The van der Waals surface area contributed by atoms with Crippen LogP contribution in [0.5, 0.6) is 23.0 Å². The van der Waals surface area contributed by atoms with Gasteiger partial charge in [-0.3, -0.25) is 10.6 Å². The molecule has 0 aliphatic carbocycles. The molecular formula is C68H96N8O16S. The zero-order valence-corrected chi connectivity index (χ0v) is 58.1. The van der Waals surface area contributed by atoms with Gasteiger partial charge in [0.25, 0.3) is 0 Å². The molecule has 6 N–H and O–H groups in total. The number of guanidine groups is 2. The predicted octanol–water partition coefficient (Wildman–Crippen LogP) is 14.3. The van der Waals surface area contributed by atoms with E-state index in [1.807, 2.05) is 36.4 Å². The summed E-state index contributed by atoms with van der Waals surface area (Å²) in [5.74, 6) is 1.79. The fraction of sp³-hybridized carbons (Fsp3) is 0.529. The van der Waals surface area contributed by atoms with E-state index in [2.05, 4.69) is 72.2 Å². The van der Waals surface area contributed by atoms with E-state index in [9.17, 15) is 28.8 Å². The molecule has 1 heterocycles. The lowest BCUT2D eigenvalue weighted by atomic mass is 9.99. The van der Waals surface area contributed by atoms with Gasteiger partial charge in [-0.25, -0.2) is 28.8 Å². The number of carbonyl (C=O) groups is 6. The summed E-state index contributed by atoms with van der Waals surface area (Å²) < 4.78 is 59.7. The maximum Gasteiger partial charge on any atom is 0.437 e. The second-order valence-corrected chi connectivity index (χ2v) is 28.6. The Morgan fingerprint density at radius 2 is 0.624 bits per heavy atom. The van der Waals surface area contributed by atoms with Gasteiger partial charge in [0, 0.05) is 58.5 Å². The normalized spacial score (nSPS) is 12.5. The number of hydrogen-bond donors (Lipinski definition) is 6. The van der Waals surface area contributed by atoms with E-state index < -0.39 is 70.2 Å². The minimum atomic E-state index is -0.908. The number of nitrogens with zero attached hydrogens (tertiary/aromatic N) is 2. The lowest BCUT2D eigenvalue weighted by molar-refractivity contribution is 0.0514. The number of alkyl carbamates (subject to hydrolysis) is 4. The first kappa shape index (κ1) is 75.0. The van der Waals surface area contributed by atoms with Crippen LogP contribution in [0.2, 0.25) is 0 Å². The molecule has 93 heavy (non-hydrogen) atoms. The fourth-order valence-corrected chi connectivity index (χ4v) is 9.26. The molecule has 24 nitrogen and oxygen atoms in total. The lowest BCUT2D eigenvalue weighted by Crippen LogP contribution is -2.44. The minimum Gasteiger partial charge on any atom is -0.493 e. The van der Waals surface area contributed by atoms with Crippen molar-refractivity contribution in [1.29, 1.82) is 0 Å². The number of ether oxygens (including phenoxy) is 10. The highest BCUT2D eigenvalue weighted by atomic mass is 32.1. The molecule has 0 fully saturated rings. The van der Waals surface area contributed by atoms with Gasteiger partial charge in [-0.2, -0.15) is 0 Å². The Bertz CT molecular complexity index is 3270. The molecule has 0 aliphatic rings. The number of benzene rings is 4. The number of aliphatic imine (C=N–C) groups is 2. The zero-order chi connectivity index (χ0) is 69.0. The summed E-state index contributed by atoms with van der Waals surface area (Å²) in [5.41, 5.74) is -1.15. The molecule has 0 radical (unpaired) electrons. The fourth-order valence-electron chi connectivity index (χ4n) is 8.19. The Hall–Kier alpha value is -8.74. The van der Waals surface area contributed by atoms with Crippen molar-refractivity contribution in [2.45, 2.75) is 184 Å². The first-order valence-corrected chi connectivity index (χ1v) is 31.9. The molecule has 25 heteroatoms. The van der Waals surface area contributed by atoms with Crippen LogP contribution >= 0.6 is 11.3 Å². The molecular weight excluding hydrogens is 1220 g/mol. The van der Waals surface area contributed by atoms with Crippen molar-refractivity contribution in [3.8, 4) is 45.3 Å². The molecule has 0 saturated carbocycles. The third-order valence-corrected chi connectivity index (χ3v) is 12.8. The number of carbonyl (C=O) groups excluding carboxylic acids is 6. The van der Waals surface area contributed by atoms with E-state index in [0.29, 0.717) is 75.0 Å². The van der Waals surface area contributed by atoms with Gasteiger partial charge in [0.15, 0.2) is 0 Å². The average Bonchev–Trinajstić information content (AvgIpc) is 1.64. The van der Waals surface area contributed by atoms with Gasteiger partial charge in [0.1, 0.15) is 56.6 Å². The van der Waals surface area contributed by atoms with Gasteiger partial charge in [0.2, 0.25) is 11.9 Å². The summed E-state index contributed by atoms with van der Waals surface area (Å²) >= 11 is 1.66. The smallest absolute Gasteiger partial charge is 0.437 e. The van der Waals surface area contributed by atoms with Crippen molar-refractivity contribution < 1.29 is 76.1 Å². The Balaban J connectivity index is 1.44. The van der Waals surface area contributed by atoms with Crippen LogP contribution in [0.4, 0.5) is 28.8 Å². The van der Waals surface area contributed by atoms with Crippen LogP contribution in [0.3, 0.4) is 0 Å². The number of amides is 6. The average molecular weight is 1310 g/mol. The molecule has 6 amide bonds. The molecule has 0 bridgehead atoms. The zero-order valence-electron chi connectivity index (χ0n) is 57.2. The minimum absolute atomic E-state index is 0.157. The largest absolute Gasteiger partial charge is 0.493 e. The van der Waals surface area contributed by atoms with Crippen LogP contribution in [-0.4, -0.2) is 135 Å². The van der Waals surface area contributed by atoms with Gasteiger partial charge >= 0.3 is 36.6 Å².